The largest absolute Gasteiger partial charge is 0.488 e. The summed E-state index contributed by atoms with van der Waals surface area (Å²) in [5.41, 5.74) is 3.57. The van der Waals surface area contributed by atoms with E-state index in [1.165, 1.54) is 11.1 Å². The van der Waals surface area contributed by atoms with E-state index in [1.54, 1.807) is 6.20 Å². The molecule has 0 aliphatic carbocycles. The molecule has 142 valence electrons. The third-order valence-electron chi connectivity index (χ3n) is 4.14. The van der Waals surface area contributed by atoms with Crippen molar-refractivity contribution in [2.75, 3.05) is 32.8 Å². The molecular formula is C20H27Cl2N3O. The Kier molecular flexibility index (Phi) is 10.3. The van der Waals surface area contributed by atoms with Crippen molar-refractivity contribution in [3.63, 3.8) is 0 Å². The van der Waals surface area contributed by atoms with Gasteiger partial charge in [-0.3, -0.25) is 9.88 Å². The standard InChI is InChI=1S/C20H25N3O.2ClH/c1-17-4-9-20(15-22-17)24-14-2-3-18-5-7-19(8-6-18)16-23-12-10-21-11-13-23;;/h2-9,15,21H,10-14,16H2,1H3;2*1H. The van der Waals surface area contributed by atoms with Crippen molar-refractivity contribution < 1.29 is 4.74 Å². The second-order valence-corrected chi connectivity index (χ2v) is 6.12. The fourth-order valence-electron chi connectivity index (χ4n) is 2.73. The molecule has 1 aromatic carbocycles. The number of aryl methyl sites for hydroxylation is 1. The molecule has 1 aliphatic heterocycles. The molecule has 0 unspecified atom stereocenters. The number of piperazine rings is 1. The SMILES string of the molecule is Cc1ccc(OCC=Cc2ccc(CN3CCNCC3)cc2)cn1.Cl.Cl. The maximum absolute atomic E-state index is 5.65. The first-order chi connectivity index (χ1) is 11.8. The summed E-state index contributed by atoms with van der Waals surface area (Å²) in [6, 6.07) is 12.7. The number of nitrogens with zero attached hydrogens (tertiary/aromatic N) is 2. The Balaban J connectivity index is 0.00000169. The van der Waals surface area contributed by atoms with Gasteiger partial charge in [0.25, 0.3) is 0 Å². The number of pyridine rings is 1. The number of halogens is 2. The zero-order chi connectivity index (χ0) is 16.6. The van der Waals surface area contributed by atoms with Gasteiger partial charge in [0.05, 0.1) is 6.20 Å². The van der Waals surface area contributed by atoms with Crippen molar-refractivity contribution in [1.29, 1.82) is 0 Å². The Morgan fingerprint density at radius 1 is 1.08 bits per heavy atom. The number of rotatable bonds is 6. The van der Waals surface area contributed by atoms with Crippen LogP contribution >= 0.6 is 24.8 Å². The molecule has 0 bridgehead atoms. The van der Waals surface area contributed by atoms with Crippen molar-refractivity contribution in [2.45, 2.75) is 13.5 Å². The third-order valence-corrected chi connectivity index (χ3v) is 4.14. The molecule has 1 fully saturated rings. The fraction of sp³-hybridized carbons (Fsp3) is 0.350. The minimum absolute atomic E-state index is 0. The molecular weight excluding hydrogens is 369 g/mol. The maximum Gasteiger partial charge on any atom is 0.138 e. The highest BCUT2D eigenvalue weighted by Gasteiger charge is 2.09. The first kappa shape index (κ1) is 22.5. The van der Waals surface area contributed by atoms with Crippen LogP contribution in [-0.2, 0) is 6.54 Å². The molecule has 3 rings (SSSR count). The van der Waals surface area contributed by atoms with Gasteiger partial charge in [0.1, 0.15) is 12.4 Å². The van der Waals surface area contributed by atoms with Crippen LogP contribution in [0.1, 0.15) is 16.8 Å². The highest BCUT2D eigenvalue weighted by Crippen LogP contribution is 2.11. The molecule has 0 saturated carbocycles. The normalized spacial score (nSPS) is 14.5. The predicted octanol–water partition coefficient (Wildman–Crippen LogP) is 3.73. The number of aromatic nitrogens is 1. The van der Waals surface area contributed by atoms with E-state index in [1.807, 2.05) is 25.1 Å². The first-order valence-corrected chi connectivity index (χ1v) is 8.53. The summed E-state index contributed by atoms with van der Waals surface area (Å²) >= 11 is 0. The maximum atomic E-state index is 5.65. The van der Waals surface area contributed by atoms with E-state index in [4.69, 9.17) is 4.74 Å². The summed E-state index contributed by atoms with van der Waals surface area (Å²) in [5, 5.41) is 3.39. The van der Waals surface area contributed by atoms with Gasteiger partial charge in [-0.1, -0.05) is 30.3 Å². The highest BCUT2D eigenvalue weighted by atomic mass is 35.5. The van der Waals surface area contributed by atoms with E-state index in [-0.39, 0.29) is 24.8 Å². The van der Waals surface area contributed by atoms with Gasteiger partial charge in [0.2, 0.25) is 0 Å². The lowest BCUT2D eigenvalue weighted by atomic mass is 10.1. The van der Waals surface area contributed by atoms with Crippen LogP contribution in [0.2, 0.25) is 0 Å². The van der Waals surface area contributed by atoms with Crippen molar-refractivity contribution >= 4 is 30.9 Å². The minimum Gasteiger partial charge on any atom is -0.488 e. The Bertz CT molecular complexity index is 654. The quantitative estimate of drug-likeness (QED) is 0.808. The molecule has 4 nitrogen and oxygen atoms in total. The smallest absolute Gasteiger partial charge is 0.138 e. The van der Waals surface area contributed by atoms with E-state index >= 15 is 0 Å². The molecule has 0 radical (unpaired) electrons. The van der Waals surface area contributed by atoms with E-state index < -0.39 is 0 Å². The molecule has 1 aromatic heterocycles. The van der Waals surface area contributed by atoms with Crippen molar-refractivity contribution in [3.8, 4) is 5.75 Å². The van der Waals surface area contributed by atoms with Crippen LogP contribution < -0.4 is 10.1 Å². The third kappa shape index (κ3) is 7.34. The second-order valence-electron chi connectivity index (χ2n) is 6.12. The predicted molar refractivity (Wildman–Crippen MR) is 113 cm³/mol. The second kappa shape index (κ2) is 11.9. The molecule has 0 spiro atoms. The van der Waals surface area contributed by atoms with E-state index in [0.717, 1.165) is 44.2 Å². The molecule has 2 heterocycles. The zero-order valence-electron chi connectivity index (χ0n) is 15.1. The minimum atomic E-state index is 0. The van der Waals surface area contributed by atoms with Gasteiger partial charge in [-0.25, -0.2) is 0 Å². The molecule has 6 heteroatoms. The number of hydrogen-bond donors (Lipinski definition) is 1. The molecule has 2 aromatic rings. The topological polar surface area (TPSA) is 37.4 Å². The Morgan fingerprint density at radius 3 is 2.46 bits per heavy atom. The zero-order valence-corrected chi connectivity index (χ0v) is 16.7. The first-order valence-electron chi connectivity index (χ1n) is 8.53. The summed E-state index contributed by atoms with van der Waals surface area (Å²) in [4.78, 5) is 6.71. The van der Waals surface area contributed by atoms with Gasteiger partial charge < -0.3 is 10.1 Å². The van der Waals surface area contributed by atoms with Gasteiger partial charge in [-0.2, -0.15) is 0 Å². The van der Waals surface area contributed by atoms with Crippen molar-refractivity contribution in [1.82, 2.24) is 15.2 Å². The molecule has 1 saturated heterocycles. The van der Waals surface area contributed by atoms with Gasteiger partial charge in [-0.05, 0) is 36.3 Å². The monoisotopic (exact) mass is 395 g/mol. The highest BCUT2D eigenvalue weighted by molar-refractivity contribution is 5.85. The van der Waals surface area contributed by atoms with Crippen LogP contribution in [0.4, 0.5) is 0 Å². The lowest BCUT2D eigenvalue weighted by Gasteiger charge is -2.27. The lowest BCUT2D eigenvalue weighted by molar-refractivity contribution is 0.233. The van der Waals surface area contributed by atoms with Crippen LogP contribution in [0.15, 0.2) is 48.7 Å². The average Bonchev–Trinajstić information content (AvgIpc) is 2.62. The summed E-state index contributed by atoms with van der Waals surface area (Å²) in [5.74, 6) is 0.802. The van der Waals surface area contributed by atoms with Gasteiger partial charge >= 0.3 is 0 Å². The van der Waals surface area contributed by atoms with Crippen LogP contribution in [0.5, 0.6) is 5.75 Å². The number of hydrogen-bond acceptors (Lipinski definition) is 4. The van der Waals surface area contributed by atoms with Crippen molar-refractivity contribution in [2.24, 2.45) is 0 Å². The molecule has 0 amide bonds. The summed E-state index contributed by atoms with van der Waals surface area (Å²) in [6.45, 7) is 8.01. The van der Waals surface area contributed by atoms with Crippen molar-refractivity contribution in [3.05, 3.63) is 65.5 Å². The molecule has 0 atom stereocenters. The number of benzene rings is 1. The van der Waals surface area contributed by atoms with Crippen LogP contribution in [0.25, 0.3) is 6.08 Å². The summed E-state index contributed by atoms with van der Waals surface area (Å²) in [6.07, 6.45) is 5.88. The Labute approximate surface area is 168 Å². The van der Waals surface area contributed by atoms with E-state index in [0.29, 0.717) is 6.61 Å². The van der Waals surface area contributed by atoms with Crippen LogP contribution in [0.3, 0.4) is 0 Å². The van der Waals surface area contributed by atoms with Gasteiger partial charge in [0.15, 0.2) is 0 Å². The molecule has 1 aliphatic rings. The van der Waals surface area contributed by atoms with E-state index in [9.17, 15) is 0 Å². The van der Waals surface area contributed by atoms with Crippen LogP contribution in [0, 0.1) is 6.92 Å². The number of nitrogens with one attached hydrogen (secondary N) is 1. The number of ether oxygens (including phenoxy) is 1. The fourth-order valence-corrected chi connectivity index (χ4v) is 2.73. The van der Waals surface area contributed by atoms with E-state index in [2.05, 4.69) is 45.5 Å². The Hall–Kier alpha value is -1.59. The molecule has 26 heavy (non-hydrogen) atoms. The Morgan fingerprint density at radius 2 is 1.81 bits per heavy atom. The summed E-state index contributed by atoms with van der Waals surface area (Å²) in [7, 11) is 0. The average molecular weight is 396 g/mol. The van der Waals surface area contributed by atoms with Gasteiger partial charge in [0, 0.05) is 38.4 Å². The molecule has 1 N–H and O–H groups in total. The van der Waals surface area contributed by atoms with Crippen LogP contribution in [-0.4, -0.2) is 42.7 Å². The lowest BCUT2D eigenvalue weighted by Crippen LogP contribution is -2.42. The van der Waals surface area contributed by atoms with Gasteiger partial charge in [-0.15, -0.1) is 24.8 Å². The summed E-state index contributed by atoms with van der Waals surface area (Å²) < 4.78 is 5.65.